The topological polar surface area (TPSA) is 60.9 Å². The predicted octanol–water partition coefficient (Wildman–Crippen LogP) is 1.93. The average Bonchev–Trinajstić information content (AvgIpc) is 3.14. The minimum Gasteiger partial charge on any atom is -0.335 e. The fourth-order valence-electron chi connectivity index (χ4n) is 2.86. The van der Waals surface area contributed by atoms with E-state index in [-0.39, 0.29) is 5.56 Å². The highest BCUT2D eigenvalue weighted by molar-refractivity contribution is 7.18. The molecule has 5 heteroatoms. The minimum atomic E-state index is -0.0405. The quantitative estimate of drug-likeness (QED) is 0.798. The van der Waals surface area contributed by atoms with Crippen LogP contribution < -0.4 is 11.4 Å². The van der Waals surface area contributed by atoms with Crippen LogP contribution in [0.2, 0.25) is 0 Å². The Morgan fingerprint density at radius 3 is 2.83 bits per heavy atom. The molecule has 94 valence electrons. The number of nitrogens with zero attached hydrogens (tertiary/aromatic N) is 2. The number of hydrogen-bond donors (Lipinski definition) is 1. The van der Waals surface area contributed by atoms with Crippen LogP contribution in [0.5, 0.6) is 0 Å². The van der Waals surface area contributed by atoms with Gasteiger partial charge in [0.2, 0.25) is 0 Å². The standard InChI is InChI=1S/C13H15N3OS/c14-16-11(7-5-6-7)15-12-10(13(16)17)8-3-1-2-4-9(8)18-12/h7H,1-6,14H2. The van der Waals surface area contributed by atoms with Gasteiger partial charge in [0, 0.05) is 10.8 Å². The zero-order valence-electron chi connectivity index (χ0n) is 10.1. The van der Waals surface area contributed by atoms with Gasteiger partial charge in [-0.3, -0.25) is 4.79 Å². The molecule has 1 saturated carbocycles. The lowest BCUT2D eigenvalue weighted by molar-refractivity contribution is 0.699. The molecule has 4 rings (SSSR count). The second kappa shape index (κ2) is 3.57. The molecule has 0 radical (unpaired) electrons. The van der Waals surface area contributed by atoms with Gasteiger partial charge >= 0.3 is 0 Å². The van der Waals surface area contributed by atoms with E-state index in [1.807, 2.05) is 0 Å². The Morgan fingerprint density at radius 1 is 1.28 bits per heavy atom. The van der Waals surface area contributed by atoms with Crippen molar-refractivity contribution in [1.82, 2.24) is 9.66 Å². The predicted molar refractivity (Wildman–Crippen MR) is 72.6 cm³/mol. The van der Waals surface area contributed by atoms with E-state index in [4.69, 9.17) is 5.84 Å². The first-order valence-electron chi connectivity index (χ1n) is 6.58. The molecule has 2 N–H and O–H groups in total. The summed E-state index contributed by atoms with van der Waals surface area (Å²) in [5.74, 6) is 7.12. The van der Waals surface area contributed by atoms with Crippen molar-refractivity contribution in [3.05, 3.63) is 26.6 Å². The molecule has 0 amide bonds. The van der Waals surface area contributed by atoms with Crippen LogP contribution in [0.15, 0.2) is 4.79 Å². The van der Waals surface area contributed by atoms with Crippen molar-refractivity contribution in [3.8, 4) is 0 Å². The van der Waals surface area contributed by atoms with Crippen molar-refractivity contribution >= 4 is 21.6 Å². The first kappa shape index (κ1) is 10.6. The molecule has 2 aliphatic carbocycles. The summed E-state index contributed by atoms with van der Waals surface area (Å²) in [7, 11) is 0. The third kappa shape index (κ3) is 1.37. The highest BCUT2D eigenvalue weighted by Gasteiger charge is 2.30. The monoisotopic (exact) mass is 261 g/mol. The summed E-state index contributed by atoms with van der Waals surface area (Å²) in [6.45, 7) is 0. The first-order valence-corrected chi connectivity index (χ1v) is 7.39. The summed E-state index contributed by atoms with van der Waals surface area (Å²) in [4.78, 5) is 19.3. The molecule has 18 heavy (non-hydrogen) atoms. The molecule has 0 saturated heterocycles. The van der Waals surface area contributed by atoms with E-state index in [0.717, 1.165) is 41.7 Å². The van der Waals surface area contributed by atoms with Crippen LogP contribution in [-0.2, 0) is 12.8 Å². The molecular formula is C13H15N3OS. The van der Waals surface area contributed by atoms with Gasteiger partial charge in [0.1, 0.15) is 10.7 Å². The third-order valence-electron chi connectivity index (χ3n) is 3.99. The van der Waals surface area contributed by atoms with E-state index in [2.05, 4.69) is 4.98 Å². The zero-order valence-corrected chi connectivity index (χ0v) is 10.9. The molecule has 2 aromatic heterocycles. The Balaban J connectivity index is 2.06. The fourth-order valence-corrected chi connectivity index (χ4v) is 4.12. The van der Waals surface area contributed by atoms with Crippen molar-refractivity contribution in [3.63, 3.8) is 0 Å². The number of fused-ring (bicyclic) bond motifs is 3. The van der Waals surface area contributed by atoms with Crippen LogP contribution >= 0.6 is 11.3 Å². The van der Waals surface area contributed by atoms with Gasteiger partial charge < -0.3 is 5.84 Å². The molecule has 0 atom stereocenters. The van der Waals surface area contributed by atoms with Crippen molar-refractivity contribution in [2.45, 2.75) is 44.4 Å². The molecule has 2 aliphatic rings. The van der Waals surface area contributed by atoms with Crippen LogP contribution in [0.25, 0.3) is 10.2 Å². The summed E-state index contributed by atoms with van der Waals surface area (Å²) in [5, 5.41) is 0.793. The lowest BCUT2D eigenvalue weighted by atomic mass is 9.97. The van der Waals surface area contributed by atoms with Gasteiger partial charge in [-0.15, -0.1) is 11.3 Å². The third-order valence-corrected chi connectivity index (χ3v) is 5.18. The van der Waals surface area contributed by atoms with Gasteiger partial charge in [-0.05, 0) is 44.1 Å². The summed E-state index contributed by atoms with van der Waals surface area (Å²) in [5.41, 5.74) is 1.18. The molecule has 0 spiro atoms. The highest BCUT2D eigenvalue weighted by atomic mass is 32.1. The SMILES string of the molecule is Nn1c(C2CC2)nc2sc3c(c2c1=O)CCCC3. The van der Waals surface area contributed by atoms with Crippen LogP contribution in [0.4, 0.5) is 0 Å². The normalized spacial score (nSPS) is 19.1. The van der Waals surface area contributed by atoms with E-state index in [0.29, 0.717) is 5.92 Å². The molecule has 0 bridgehead atoms. The van der Waals surface area contributed by atoms with Gasteiger partial charge in [0.15, 0.2) is 0 Å². The van der Waals surface area contributed by atoms with E-state index in [1.54, 1.807) is 11.3 Å². The van der Waals surface area contributed by atoms with Gasteiger partial charge in [0.05, 0.1) is 5.39 Å². The zero-order chi connectivity index (χ0) is 12.3. The fraction of sp³-hybridized carbons (Fsp3) is 0.538. The summed E-state index contributed by atoms with van der Waals surface area (Å²) >= 11 is 1.70. The number of aromatic nitrogens is 2. The average molecular weight is 261 g/mol. The lowest BCUT2D eigenvalue weighted by Gasteiger charge is -2.10. The van der Waals surface area contributed by atoms with E-state index < -0.39 is 0 Å². The number of nitrogens with two attached hydrogens (primary N) is 1. The second-order valence-electron chi connectivity index (χ2n) is 5.31. The Hall–Kier alpha value is -1.36. The van der Waals surface area contributed by atoms with E-state index in [9.17, 15) is 4.79 Å². The largest absolute Gasteiger partial charge is 0.335 e. The number of rotatable bonds is 1. The second-order valence-corrected chi connectivity index (χ2v) is 6.39. The van der Waals surface area contributed by atoms with Crippen molar-refractivity contribution in [2.75, 3.05) is 5.84 Å². The Morgan fingerprint density at radius 2 is 2.06 bits per heavy atom. The van der Waals surface area contributed by atoms with Crippen molar-refractivity contribution in [1.29, 1.82) is 0 Å². The van der Waals surface area contributed by atoms with Crippen LogP contribution in [0.3, 0.4) is 0 Å². The summed E-state index contributed by atoms with van der Waals surface area (Å²) < 4.78 is 1.29. The van der Waals surface area contributed by atoms with Crippen LogP contribution in [0, 0.1) is 0 Å². The van der Waals surface area contributed by atoms with Crippen molar-refractivity contribution < 1.29 is 0 Å². The number of aryl methyl sites for hydroxylation is 2. The molecule has 2 heterocycles. The first-order chi connectivity index (χ1) is 8.75. The van der Waals surface area contributed by atoms with Gasteiger partial charge in [-0.2, -0.15) is 0 Å². The summed E-state index contributed by atoms with van der Waals surface area (Å²) in [6.07, 6.45) is 6.73. The number of hydrogen-bond acceptors (Lipinski definition) is 4. The Bertz CT molecular complexity index is 696. The van der Waals surface area contributed by atoms with E-state index >= 15 is 0 Å². The molecular weight excluding hydrogens is 246 g/mol. The lowest BCUT2D eigenvalue weighted by Crippen LogP contribution is -2.31. The molecule has 4 nitrogen and oxygen atoms in total. The maximum atomic E-state index is 12.4. The number of thiophene rings is 1. The van der Waals surface area contributed by atoms with Gasteiger partial charge in [-0.1, -0.05) is 0 Å². The van der Waals surface area contributed by atoms with Gasteiger partial charge in [0.25, 0.3) is 5.56 Å². The maximum absolute atomic E-state index is 12.4. The van der Waals surface area contributed by atoms with E-state index in [1.165, 1.54) is 28.0 Å². The van der Waals surface area contributed by atoms with Gasteiger partial charge in [-0.25, -0.2) is 9.66 Å². The van der Waals surface area contributed by atoms with Crippen molar-refractivity contribution in [2.24, 2.45) is 0 Å². The molecule has 0 aromatic carbocycles. The minimum absolute atomic E-state index is 0.0405. The highest BCUT2D eigenvalue weighted by Crippen LogP contribution is 2.40. The Labute approximate surface area is 108 Å². The molecule has 0 aliphatic heterocycles. The molecule has 2 aromatic rings. The molecule has 0 unspecified atom stereocenters. The Kier molecular flexibility index (Phi) is 2.09. The van der Waals surface area contributed by atoms with Crippen LogP contribution in [-0.4, -0.2) is 9.66 Å². The maximum Gasteiger partial charge on any atom is 0.280 e. The summed E-state index contributed by atoms with van der Waals surface area (Å²) in [6, 6.07) is 0. The smallest absolute Gasteiger partial charge is 0.280 e. The number of nitrogen functional groups attached to an aromatic ring is 1. The van der Waals surface area contributed by atoms with Crippen LogP contribution in [0.1, 0.15) is 47.9 Å². The molecule has 1 fully saturated rings.